The maximum absolute atomic E-state index is 6.11. The summed E-state index contributed by atoms with van der Waals surface area (Å²) in [6.45, 7) is 1.91. The number of hydrogen-bond acceptors (Lipinski definition) is 4. The summed E-state index contributed by atoms with van der Waals surface area (Å²) in [7, 11) is 0. The number of nitrogens with one attached hydrogen (secondary N) is 1. The molecule has 24 heavy (non-hydrogen) atoms. The molecule has 0 radical (unpaired) electrons. The number of aromatic nitrogens is 2. The van der Waals surface area contributed by atoms with E-state index in [1.165, 1.54) is 0 Å². The Bertz CT molecular complexity index is 859. The van der Waals surface area contributed by atoms with Crippen LogP contribution in [0.4, 0.5) is 5.95 Å². The zero-order valence-electron chi connectivity index (χ0n) is 12.9. The van der Waals surface area contributed by atoms with Gasteiger partial charge in [0, 0.05) is 16.8 Å². The van der Waals surface area contributed by atoms with Gasteiger partial charge in [0.05, 0.1) is 22.0 Å². The van der Waals surface area contributed by atoms with Gasteiger partial charge in [0.2, 0.25) is 5.95 Å². The summed E-state index contributed by atoms with van der Waals surface area (Å²) in [6.07, 6.45) is 1.55. The molecule has 4 nitrogen and oxygen atoms in total. The molecule has 1 heterocycles. The van der Waals surface area contributed by atoms with E-state index in [1.54, 1.807) is 24.4 Å². The van der Waals surface area contributed by atoms with Gasteiger partial charge < -0.3 is 0 Å². The SMILES string of the molecule is Cc1cc(-c2ccccc2)nc(N/N=C\c2c(Cl)cccc2Cl)n1. The van der Waals surface area contributed by atoms with Crippen molar-refractivity contribution >= 4 is 35.4 Å². The second kappa shape index (κ2) is 7.43. The summed E-state index contributed by atoms with van der Waals surface area (Å²) in [5, 5.41) is 5.20. The largest absolute Gasteiger partial charge is 0.245 e. The van der Waals surface area contributed by atoms with E-state index in [4.69, 9.17) is 23.2 Å². The molecule has 0 fully saturated rings. The van der Waals surface area contributed by atoms with Gasteiger partial charge in [-0.3, -0.25) is 0 Å². The number of rotatable bonds is 4. The summed E-state index contributed by atoms with van der Waals surface area (Å²) in [4.78, 5) is 8.81. The number of anilines is 1. The van der Waals surface area contributed by atoms with Crippen LogP contribution in [0.15, 0.2) is 59.7 Å². The average Bonchev–Trinajstić information content (AvgIpc) is 2.58. The number of hydrazone groups is 1. The van der Waals surface area contributed by atoms with Crippen molar-refractivity contribution in [2.45, 2.75) is 6.92 Å². The van der Waals surface area contributed by atoms with Crippen LogP contribution < -0.4 is 5.43 Å². The van der Waals surface area contributed by atoms with Crippen LogP contribution in [0.2, 0.25) is 10.0 Å². The quantitative estimate of drug-likeness (QED) is 0.515. The molecule has 0 aliphatic rings. The van der Waals surface area contributed by atoms with E-state index in [0.717, 1.165) is 17.0 Å². The zero-order valence-corrected chi connectivity index (χ0v) is 14.4. The molecule has 3 rings (SSSR count). The molecule has 0 atom stereocenters. The van der Waals surface area contributed by atoms with Crippen molar-refractivity contribution in [1.82, 2.24) is 9.97 Å². The first-order chi connectivity index (χ1) is 11.6. The number of aryl methyl sites for hydroxylation is 1. The van der Waals surface area contributed by atoms with Crippen LogP contribution in [0.1, 0.15) is 11.3 Å². The molecule has 0 saturated heterocycles. The second-order valence-electron chi connectivity index (χ2n) is 5.09. The van der Waals surface area contributed by atoms with E-state index in [0.29, 0.717) is 21.6 Å². The molecule has 2 aromatic carbocycles. The maximum Gasteiger partial charge on any atom is 0.244 e. The van der Waals surface area contributed by atoms with Gasteiger partial charge in [0.15, 0.2) is 0 Å². The number of halogens is 2. The molecule has 0 aliphatic carbocycles. The zero-order chi connectivity index (χ0) is 16.9. The first kappa shape index (κ1) is 16.4. The molecule has 120 valence electrons. The van der Waals surface area contributed by atoms with Crippen LogP contribution in [-0.2, 0) is 0 Å². The Kier molecular flexibility index (Phi) is 5.08. The Morgan fingerprint density at radius 1 is 0.958 bits per heavy atom. The smallest absolute Gasteiger partial charge is 0.244 e. The van der Waals surface area contributed by atoms with E-state index >= 15 is 0 Å². The van der Waals surface area contributed by atoms with Gasteiger partial charge in [-0.25, -0.2) is 15.4 Å². The van der Waals surface area contributed by atoms with Crippen LogP contribution >= 0.6 is 23.2 Å². The first-order valence-electron chi connectivity index (χ1n) is 7.27. The molecule has 0 saturated carbocycles. The van der Waals surface area contributed by atoms with E-state index in [1.807, 2.05) is 43.3 Å². The number of hydrogen-bond donors (Lipinski definition) is 1. The molecule has 0 aliphatic heterocycles. The predicted octanol–water partition coefficient (Wildman–Crippen LogP) is 5.20. The van der Waals surface area contributed by atoms with Gasteiger partial charge in [-0.2, -0.15) is 5.10 Å². The van der Waals surface area contributed by atoms with Gasteiger partial charge in [-0.05, 0) is 25.1 Å². The maximum atomic E-state index is 6.11. The van der Waals surface area contributed by atoms with Crippen LogP contribution in [0.25, 0.3) is 11.3 Å². The summed E-state index contributed by atoms with van der Waals surface area (Å²) in [6, 6.07) is 17.1. The Morgan fingerprint density at radius 3 is 2.38 bits per heavy atom. The van der Waals surface area contributed by atoms with Gasteiger partial charge in [-0.15, -0.1) is 0 Å². The third-order valence-electron chi connectivity index (χ3n) is 3.28. The average molecular weight is 357 g/mol. The number of nitrogens with zero attached hydrogens (tertiary/aromatic N) is 3. The van der Waals surface area contributed by atoms with E-state index in [-0.39, 0.29) is 0 Å². The fraction of sp³-hybridized carbons (Fsp3) is 0.0556. The third-order valence-corrected chi connectivity index (χ3v) is 3.94. The van der Waals surface area contributed by atoms with Gasteiger partial charge in [-0.1, -0.05) is 59.6 Å². The Morgan fingerprint density at radius 2 is 1.67 bits per heavy atom. The van der Waals surface area contributed by atoms with E-state index in [9.17, 15) is 0 Å². The summed E-state index contributed by atoms with van der Waals surface area (Å²) in [5.41, 5.74) is 6.16. The van der Waals surface area contributed by atoms with Crippen molar-refractivity contribution in [2.75, 3.05) is 5.43 Å². The van der Waals surface area contributed by atoms with Gasteiger partial charge >= 0.3 is 0 Å². The van der Waals surface area contributed by atoms with E-state index in [2.05, 4.69) is 20.5 Å². The lowest BCUT2D eigenvalue weighted by Crippen LogP contribution is -2.00. The molecule has 6 heteroatoms. The third kappa shape index (κ3) is 3.91. The number of benzene rings is 2. The van der Waals surface area contributed by atoms with Gasteiger partial charge in [0.1, 0.15) is 0 Å². The highest BCUT2D eigenvalue weighted by atomic mass is 35.5. The van der Waals surface area contributed by atoms with Crippen molar-refractivity contribution in [3.8, 4) is 11.3 Å². The lowest BCUT2D eigenvalue weighted by atomic mass is 10.1. The van der Waals surface area contributed by atoms with Crippen molar-refractivity contribution in [3.63, 3.8) is 0 Å². The fourth-order valence-electron chi connectivity index (χ4n) is 2.16. The van der Waals surface area contributed by atoms with Crippen LogP contribution in [0.5, 0.6) is 0 Å². The predicted molar refractivity (Wildman–Crippen MR) is 99.9 cm³/mol. The second-order valence-corrected chi connectivity index (χ2v) is 5.90. The Balaban J connectivity index is 1.83. The highest BCUT2D eigenvalue weighted by Crippen LogP contribution is 2.22. The van der Waals surface area contributed by atoms with Crippen LogP contribution in [0, 0.1) is 6.92 Å². The Labute approximate surface area is 150 Å². The lowest BCUT2D eigenvalue weighted by Gasteiger charge is -2.06. The minimum absolute atomic E-state index is 0.410. The highest BCUT2D eigenvalue weighted by molar-refractivity contribution is 6.38. The van der Waals surface area contributed by atoms with Crippen molar-refractivity contribution in [2.24, 2.45) is 5.10 Å². The Hall–Kier alpha value is -2.43. The molecular weight excluding hydrogens is 343 g/mol. The molecule has 0 bridgehead atoms. The van der Waals surface area contributed by atoms with Gasteiger partial charge in [0.25, 0.3) is 0 Å². The first-order valence-corrected chi connectivity index (χ1v) is 8.03. The van der Waals surface area contributed by atoms with Crippen molar-refractivity contribution in [1.29, 1.82) is 0 Å². The minimum Gasteiger partial charge on any atom is -0.245 e. The monoisotopic (exact) mass is 356 g/mol. The molecule has 0 spiro atoms. The lowest BCUT2D eigenvalue weighted by molar-refractivity contribution is 1.08. The molecule has 0 amide bonds. The van der Waals surface area contributed by atoms with E-state index < -0.39 is 0 Å². The molecule has 3 aromatic rings. The summed E-state index contributed by atoms with van der Waals surface area (Å²) < 4.78 is 0. The fourth-order valence-corrected chi connectivity index (χ4v) is 2.66. The minimum atomic E-state index is 0.410. The molecule has 1 N–H and O–H groups in total. The molecule has 0 unspecified atom stereocenters. The molecular formula is C18H14Cl2N4. The normalized spacial score (nSPS) is 11.0. The topological polar surface area (TPSA) is 50.2 Å². The van der Waals surface area contributed by atoms with Crippen LogP contribution in [0.3, 0.4) is 0 Å². The van der Waals surface area contributed by atoms with Crippen molar-refractivity contribution in [3.05, 3.63) is 75.9 Å². The van der Waals surface area contributed by atoms with Crippen LogP contribution in [-0.4, -0.2) is 16.2 Å². The standard InChI is InChI=1S/C18H14Cl2N4/c1-12-10-17(13-6-3-2-4-7-13)23-18(22-12)24-21-11-14-15(19)8-5-9-16(14)20/h2-11H,1H3,(H,22,23,24)/b21-11-. The summed E-state index contributed by atoms with van der Waals surface area (Å²) in [5.74, 6) is 0.410. The highest BCUT2D eigenvalue weighted by Gasteiger charge is 2.05. The molecule has 1 aromatic heterocycles. The van der Waals surface area contributed by atoms with Crippen molar-refractivity contribution < 1.29 is 0 Å². The summed E-state index contributed by atoms with van der Waals surface area (Å²) >= 11 is 12.2.